The second-order valence-corrected chi connectivity index (χ2v) is 6.85. The van der Waals surface area contributed by atoms with Crippen LogP contribution in [-0.2, 0) is 4.79 Å². The molecule has 124 valence electrons. The highest BCUT2D eigenvalue weighted by molar-refractivity contribution is 5.94. The fourth-order valence-electron chi connectivity index (χ4n) is 4.01. The van der Waals surface area contributed by atoms with Crippen molar-refractivity contribution in [1.82, 2.24) is 9.97 Å². The molecule has 2 aromatic heterocycles. The van der Waals surface area contributed by atoms with Crippen LogP contribution in [0.1, 0.15) is 38.3 Å². The Hall–Kier alpha value is -2.43. The van der Waals surface area contributed by atoms with Crippen LogP contribution in [0, 0.1) is 11.8 Å². The molecule has 0 radical (unpaired) electrons. The van der Waals surface area contributed by atoms with E-state index in [1.54, 1.807) is 19.3 Å². The first kappa shape index (κ1) is 15.1. The van der Waals surface area contributed by atoms with E-state index in [0.717, 1.165) is 17.1 Å². The molecule has 1 N–H and O–H groups in total. The third-order valence-electron chi connectivity index (χ3n) is 5.20. The molecule has 5 heteroatoms. The monoisotopic (exact) mass is 322 g/mol. The van der Waals surface area contributed by atoms with Gasteiger partial charge in [-0.15, -0.1) is 0 Å². The third kappa shape index (κ3) is 2.54. The molecule has 2 aromatic rings. The summed E-state index contributed by atoms with van der Waals surface area (Å²) >= 11 is 0. The highest BCUT2D eigenvalue weighted by Gasteiger charge is 2.47. The van der Waals surface area contributed by atoms with E-state index < -0.39 is 0 Å². The van der Waals surface area contributed by atoms with Crippen LogP contribution in [0.25, 0.3) is 0 Å². The second kappa shape index (κ2) is 5.89. The van der Waals surface area contributed by atoms with E-state index in [1.807, 2.05) is 35.4 Å². The van der Waals surface area contributed by atoms with Crippen molar-refractivity contribution >= 4 is 17.4 Å². The van der Waals surface area contributed by atoms with E-state index >= 15 is 0 Å². The van der Waals surface area contributed by atoms with E-state index in [4.69, 9.17) is 0 Å². The summed E-state index contributed by atoms with van der Waals surface area (Å²) in [6, 6.07) is 8.25. The lowest BCUT2D eigenvalue weighted by molar-refractivity contribution is -0.117. The number of hydrogen-bond donors (Lipinski definition) is 1. The molecule has 0 aromatic carbocycles. The number of carbonyl (C=O) groups excluding carboxylic acids is 1. The number of amides is 1. The van der Waals surface area contributed by atoms with E-state index in [0.29, 0.717) is 11.8 Å². The van der Waals surface area contributed by atoms with Crippen LogP contribution in [-0.4, -0.2) is 21.9 Å². The fraction of sp³-hybridized carbons (Fsp3) is 0.421. The standard InChI is InChI=1S/C19H22N4O/c1-12-18(22-17-5-3-4-9-21-17)15-8-10-20-11-16(15)23(13(2)24)19(12)14-6-7-14/h3-5,8-12,14,18-19H,6-7H2,1-2H3,(H,21,22)/t12-,18-,19-/m1/s1. The first-order valence-electron chi connectivity index (χ1n) is 8.58. The Morgan fingerprint density at radius 1 is 1.25 bits per heavy atom. The van der Waals surface area contributed by atoms with Crippen molar-refractivity contribution in [2.45, 2.75) is 38.8 Å². The molecule has 5 nitrogen and oxygen atoms in total. The molecule has 4 rings (SSSR count). The smallest absolute Gasteiger partial charge is 0.224 e. The number of nitrogens with one attached hydrogen (secondary N) is 1. The quantitative estimate of drug-likeness (QED) is 0.941. The van der Waals surface area contributed by atoms with Crippen molar-refractivity contribution in [2.75, 3.05) is 10.2 Å². The van der Waals surface area contributed by atoms with Gasteiger partial charge in [0.15, 0.2) is 0 Å². The van der Waals surface area contributed by atoms with Gasteiger partial charge >= 0.3 is 0 Å². The number of nitrogens with zero attached hydrogens (tertiary/aromatic N) is 3. The van der Waals surface area contributed by atoms with E-state index in [2.05, 4.69) is 22.2 Å². The topological polar surface area (TPSA) is 58.1 Å². The molecule has 0 bridgehead atoms. The zero-order valence-corrected chi connectivity index (χ0v) is 14.0. The van der Waals surface area contributed by atoms with Gasteiger partial charge in [-0.1, -0.05) is 13.0 Å². The van der Waals surface area contributed by atoms with Gasteiger partial charge in [-0.25, -0.2) is 4.98 Å². The van der Waals surface area contributed by atoms with Gasteiger partial charge in [0.1, 0.15) is 5.82 Å². The normalized spacial score (nSPS) is 25.9. The van der Waals surface area contributed by atoms with Crippen molar-refractivity contribution < 1.29 is 4.79 Å². The maximum Gasteiger partial charge on any atom is 0.224 e. The average molecular weight is 322 g/mol. The minimum absolute atomic E-state index is 0.101. The Balaban J connectivity index is 1.78. The number of carbonyl (C=O) groups is 1. The molecule has 1 fully saturated rings. The highest BCUT2D eigenvalue weighted by Crippen LogP contribution is 2.49. The lowest BCUT2D eigenvalue weighted by Gasteiger charge is -2.45. The second-order valence-electron chi connectivity index (χ2n) is 6.85. The van der Waals surface area contributed by atoms with E-state index in [9.17, 15) is 4.79 Å². The van der Waals surface area contributed by atoms with Crippen LogP contribution in [0.15, 0.2) is 42.9 Å². The molecule has 1 amide bonds. The number of pyridine rings is 2. The van der Waals surface area contributed by atoms with Gasteiger partial charge in [0.25, 0.3) is 0 Å². The summed E-state index contributed by atoms with van der Waals surface area (Å²) in [6.07, 6.45) is 7.82. The fourth-order valence-corrected chi connectivity index (χ4v) is 4.01. The number of fused-ring (bicyclic) bond motifs is 1. The SMILES string of the molecule is CC(=O)N1c2cnccc2[C@H](Nc2ccccn2)[C@@H](C)[C@@H]1C1CC1. The molecular weight excluding hydrogens is 300 g/mol. The predicted molar refractivity (Wildman–Crippen MR) is 93.7 cm³/mol. The summed E-state index contributed by atoms with van der Waals surface area (Å²) in [5.41, 5.74) is 2.06. The summed E-state index contributed by atoms with van der Waals surface area (Å²) in [6.45, 7) is 3.90. The summed E-state index contributed by atoms with van der Waals surface area (Å²) < 4.78 is 0. The Bertz CT molecular complexity index is 744. The minimum atomic E-state index is 0.101. The van der Waals surface area contributed by atoms with Crippen molar-refractivity contribution in [3.63, 3.8) is 0 Å². The number of aromatic nitrogens is 2. The molecule has 0 spiro atoms. The highest BCUT2D eigenvalue weighted by atomic mass is 16.2. The molecule has 1 aliphatic heterocycles. The average Bonchev–Trinajstić information content (AvgIpc) is 3.42. The van der Waals surface area contributed by atoms with Crippen LogP contribution in [0.4, 0.5) is 11.5 Å². The van der Waals surface area contributed by atoms with Gasteiger partial charge < -0.3 is 10.2 Å². The molecule has 1 saturated carbocycles. The van der Waals surface area contributed by atoms with Crippen molar-refractivity contribution in [3.05, 3.63) is 48.4 Å². The van der Waals surface area contributed by atoms with E-state index in [1.165, 1.54) is 12.8 Å². The molecule has 0 saturated heterocycles. The molecule has 3 atom stereocenters. The number of rotatable bonds is 3. The van der Waals surface area contributed by atoms with Crippen molar-refractivity contribution in [3.8, 4) is 0 Å². The summed E-state index contributed by atoms with van der Waals surface area (Å²) in [4.78, 5) is 23.0. The van der Waals surface area contributed by atoms with Crippen LogP contribution < -0.4 is 10.2 Å². The number of hydrogen-bond acceptors (Lipinski definition) is 4. The van der Waals surface area contributed by atoms with Crippen LogP contribution >= 0.6 is 0 Å². The Morgan fingerprint density at radius 3 is 2.75 bits per heavy atom. The molecule has 24 heavy (non-hydrogen) atoms. The zero-order chi connectivity index (χ0) is 16.7. The zero-order valence-electron chi connectivity index (χ0n) is 14.0. The minimum Gasteiger partial charge on any atom is -0.363 e. The Labute approximate surface area is 142 Å². The number of anilines is 2. The maximum atomic E-state index is 12.4. The van der Waals surface area contributed by atoms with E-state index in [-0.39, 0.29) is 18.0 Å². The van der Waals surface area contributed by atoms with Crippen molar-refractivity contribution in [1.29, 1.82) is 0 Å². The van der Waals surface area contributed by atoms with Gasteiger partial charge in [-0.05, 0) is 37.0 Å². The third-order valence-corrected chi connectivity index (χ3v) is 5.20. The first-order valence-corrected chi connectivity index (χ1v) is 8.58. The van der Waals surface area contributed by atoms with Gasteiger partial charge in [0, 0.05) is 36.8 Å². The summed E-state index contributed by atoms with van der Waals surface area (Å²) in [7, 11) is 0. The first-order chi connectivity index (χ1) is 11.7. The van der Waals surface area contributed by atoms with Crippen LogP contribution in [0.5, 0.6) is 0 Å². The molecule has 1 aliphatic carbocycles. The summed E-state index contributed by atoms with van der Waals surface area (Å²) in [5.74, 6) is 1.86. The van der Waals surface area contributed by atoms with Crippen LogP contribution in [0.2, 0.25) is 0 Å². The van der Waals surface area contributed by atoms with Gasteiger partial charge in [-0.2, -0.15) is 0 Å². The lowest BCUT2D eigenvalue weighted by Crippen LogP contribution is -2.51. The Morgan fingerprint density at radius 2 is 2.08 bits per heavy atom. The molecule has 2 aliphatic rings. The lowest BCUT2D eigenvalue weighted by atomic mass is 9.80. The van der Waals surface area contributed by atoms with Crippen LogP contribution in [0.3, 0.4) is 0 Å². The van der Waals surface area contributed by atoms with Gasteiger partial charge in [-0.3, -0.25) is 9.78 Å². The largest absolute Gasteiger partial charge is 0.363 e. The predicted octanol–water partition coefficient (Wildman–Crippen LogP) is 3.41. The molecule has 0 unspecified atom stereocenters. The Kier molecular flexibility index (Phi) is 3.71. The maximum absolute atomic E-state index is 12.4. The molecular formula is C19H22N4O. The summed E-state index contributed by atoms with van der Waals surface area (Å²) in [5, 5.41) is 3.58. The van der Waals surface area contributed by atoms with Gasteiger partial charge in [0.05, 0.1) is 17.9 Å². The van der Waals surface area contributed by atoms with Crippen molar-refractivity contribution in [2.24, 2.45) is 11.8 Å². The molecule has 3 heterocycles. The van der Waals surface area contributed by atoms with Gasteiger partial charge in [0.2, 0.25) is 5.91 Å².